The van der Waals surface area contributed by atoms with Crippen LogP contribution in [-0.4, -0.2) is 78.3 Å². The molecule has 4 heterocycles. The Morgan fingerprint density at radius 2 is 1.77 bits per heavy atom. The number of alkyl halides is 3. The molecule has 1 spiro atoms. The van der Waals surface area contributed by atoms with Gasteiger partial charge >= 0.3 is 12.1 Å². The molecular weight excluding hydrogens is 413 g/mol. The number of piperidine rings is 2. The lowest BCUT2D eigenvalue weighted by Gasteiger charge is -2.47. The Bertz CT molecular complexity index is 706. The highest BCUT2D eigenvalue weighted by molar-refractivity contribution is 5.73. The molecule has 4 rings (SSSR count). The smallest absolute Gasteiger partial charge is 0.475 e. The minimum absolute atomic E-state index is 0.581. The number of hydrogen-bond donors (Lipinski definition) is 1. The van der Waals surface area contributed by atoms with E-state index in [1.807, 2.05) is 6.92 Å². The van der Waals surface area contributed by atoms with E-state index in [0.717, 1.165) is 43.7 Å². The predicted molar refractivity (Wildman–Crippen MR) is 109 cm³/mol. The van der Waals surface area contributed by atoms with Crippen LogP contribution in [0.25, 0.3) is 0 Å². The third-order valence-corrected chi connectivity index (χ3v) is 6.63. The van der Waals surface area contributed by atoms with Gasteiger partial charge in [0.05, 0.1) is 12.3 Å². The second-order valence-electron chi connectivity index (χ2n) is 8.85. The summed E-state index contributed by atoms with van der Waals surface area (Å²) in [6, 6.07) is 4.19. The number of halogens is 3. The fourth-order valence-electron chi connectivity index (χ4n) is 4.57. The fourth-order valence-corrected chi connectivity index (χ4v) is 4.57. The Morgan fingerprint density at radius 1 is 1.16 bits per heavy atom. The standard InChI is InChI=1S/C19H30N4O.C2HF3O2/c1-16-2-3-18(21-20-16)23-11-7-19(8-12-23)5-9-22(10-6-19)14-17-4-13-24-15-17;3-2(4,5)1(6)7/h2-3,17H,4-15H2,1H3;(H,6,7). The van der Waals surface area contributed by atoms with E-state index < -0.39 is 12.1 Å². The zero-order chi connectivity index (χ0) is 22.5. The van der Waals surface area contributed by atoms with E-state index in [1.165, 1.54) is 51.7 Å². The van der Waals surface area contributed by atoms with Crippen LogP contribution in [0.4, 0.5) is 19.0 Å². The van der Waals surface area contributed by atoms with E-state index in [2.05, 4.69) is 32.1 Å². The molecule has 1 aromatic rings. The molecule has 0 saturated carbocycles. The predicted octanol–water partition coefficient (Wildman–Crippen LogP) is 3.14. The summed E-state index contributed by atoms with van der Waals surface area (Å²) in [7, 11) is 0. The van der Waals surface area contributed by atoms with Crippen molar-refractivity contribution in [1.82, 2.24) is 15.1 Å². The van der Waals surface area contributed by atoms with Crippen molar-refractivity contribution in [2.45, 2.75) is 45.2 Å². The normalized spacial score (nSPS) is 24.0. The van der Waals surface area contributed by atoms with E-state index in [9.17, 15) is 13.2 Å². The van der Waals surface area contributed by atoms with E-state index in [4.69, 9.17) is 14.6 Å². The number of carbonyl (C=O) groups is 1. The van der Waals surface area contributed by atoms with Crippen LogP contribution in [0.1, 0.15) is 37.8 Å². The summed E-state index contributed by atoms with van der Waals surface area (Å²) in [5.41, 5.74) is 1.57. The largest absolute Gasteiger partial charge is 0.490 e. The first-order valence-electron chi connectivity index (χ1n) is 10.8. The van der Waals surface area contributed by atoms with Gasteiger partial charge in [0.2, 0.25) is 0 Å². The molecule has 0 radical (unpaired) electrons. The van der Waals surface area contributed by atoms with E-state index in [1.54, 1.807) is 0 Å². The molecule has 3 saturated heterocycles. The number of carboxylic acid groups (broad SMARTS) is 1. The lowest BCUT2D eigenvalue weighted by atomic mass is 9.71. The van der Waals surface area contributed by atoms with Gasteiger partial charge in [0, 0.05) is 26.2 Å². The zero-order valence-electron chi connectivity index (χ0n) is 17.9. The highest BCUT2D eigenvalue weighted by Gasteiger charge is 2.39. The number of aliphatic carboxylic acids is 1. The minimum Gasteiger partial charge on any atom is -0.475 e. The van der Waals surface area contributed by atoms with Crippen LogP contribution in [0.15, 0.2) is 12.1 Å². The number of aromatic nitrogens is 2. The quantitative estimate of drug-likeness (QED) is 0.767. The summed E-state index contributed by atoms with van der Waals surface area (Å²) in [5.74, 6) is -0.928. The molecule has 7 nitrogen and oxygen atoms in total. The van der Waals surface area contributed by atoms with Crippen molar-refractivity contribution in [1.29, 1.82) is 0 Å². The summed E-state index contributed by atoms with van der Waals surface area (Å²) in [6.45, 7) is 10.0. The molecule has 1 N–H and O–H groups in total. The van der Waals surface area contributed by atoms with Gasteiger partial charge in [-0.1, -0.05) is 0 Å². The molecule has 3 aliphatic rings. The fraction of sp³-hybridized carbons (Fsp3) is 0.762. The first-order chi connectivity index (χ1) is 14.7. The number of rotatable bonds is 3. The average Bonchev–Trinajstić information content (AvgIpc) is 3.24. The summed E-state index contributed by atoms with van der Waals surface area (Å²) in [6.07, 6.45) is 1.53. The van der Waals surface area contributed by atoms with Crippen LogP contribution in [0.2, 0.25) is 0 Å². The van der Waals surface area contributed by atoms with Crippen molar-refractivity contribution in [2.24, 2.45) is 11.3 Å². The molecule has 0 bridgehead atoms. The topological polar surface area (TPSA) is 78.8 Å². The second-order valence-corrected chi connectivity index (χ2v) is 8.85. The van der Waals surface area contributed by atoms with Gasteiger partial charge in [-0.05, 0) is 75.6 Å². The Morgan fingerprint density at radius 3 is 2.26 bits per heavy atom. The van der Waals surface area contributed by atoms with E-state index >= 15 is 0 Å². The summed E-state index contributed by atoms with van der Waals surface area (Å²) < 4.78 is 37.3. The van der Waals surface area contributed by atoms with Gasteiger partial charge in [-0.3, -0.25) is 0 Å². The monoisotopic (exact) mass is 444 g/mol. The van der Waals surface area contributed by atoms with Gasteiger partial charge in [0.25, 0.3) is 0 Å². The number of hydrogen-bond acceptors (Lipinski definition) is 6. The molecule has 0 aliphatic carbocycles. The number of carboxylic acids is 1. The molecule has 174 valence electrons. The van der Waals surface area contributed by atoms with Crippen LogP contribution in [-0.2, 0) is 9.53 Å². The molecule has 10 heteroatoms. The molecule has 1 atom stereocenters. The van der Waals surface area contributed by atoms with Gasteiger partial charge in [-0.2, -0.15) is 18.3 Å². The molecular formula is C21H31F3N4O3. The van der Waals surface area contributed by atoms with Crippen molar-refractivity contribution in [3.8, 4) is 0 Å². The van der Waals surface area contributed by atoms with E-state index in [0.29, 0.717) is 5.41 Å². The van der Waals surface area contributed by atoms with Crippen molar-refractivity contribution in [2.75, 3.05) is 50.8 Å². The first-order valence-corrected chi connectivity index (χ1v) is 10.8. The van der Waals surface area contributed by atoms with Crippen LogP contribution >= 0.6 is 0 Å². The van der Waals surface area contributed by atoms with Crippen molar-refractivity contribution >= 4 is 11.8 Å². The maximum atomic E-state index is 10.6. The first kappa shape index (κ1) is 23.7. The number of likely N-dealkylation sites (tertiary alicyclic amines) is 1. The van der Waals surface area contributed by atoms with Gasteiger partial charge in [0.1, 0.15) is 0 Å². The lowest BCUT2D eigenvalue weighted by Crippen LogP contribution is -2.48. The van der Waals surface area contributed by atoms with Crippen molar-refractivity contribution in [3.63, 3.8) is 0 Å². The average molecular weight is 444 g/mol. The molecule has 31 heavy (non-hydrogen) atoms. The maximum absolute atomic E-state index is 10.6. The number of ether oxygens (including phenoxy) is 1. The Hall–Kier alpha value is -1.94. The van der Waals surface area contributed by atoms with Gasteiger partial charge in [-0.15, -0.1) is 5.10 Å². The Labute approximate surface area is 180 Å². The summed E-state index contributed by atoms with van der Waals surface area (Å²) >= 11 is 0. The van der Waals surface area contributed by atoms with Gasteiger partial charge in [-0.25, -0.2) is 4.79 Å². The molecule has 1 aromatic heterocycles. The van der Waals surface area contributed by atoms with E-state index in [-0.39, 0.29) is 0 Å². The van der Waals surface area contributed by atoms with Crippen LogP contribution in [0.3, 0.4) is 0 Å². The zero-order valence-corrected chi connectivity index (χ0v) is 17.9. The number of nitrogens with zero attached hydrogens (tertiary/aromatic N) is 4. The summed E-state index contributed by atoms with van der Waals surface area (Å²) in [5, 5.41) is 15.7. The number of anilines is 1. The third-order valence-electron chi connectivity index (χ3n) is 6.63. The number of aryl methyl sites for hydroxylation is 1. The van der Waals surface area contributed by atoms with Crippen LogP contribution < -0.4 is 4.90 Å². The molecule has 0 aromatic carbocycles. The molecule has 3 aliphatic heterocycles. The molecule has 1 unspecified atom stereocenters. The summed E-state index contributed by atoms with van der Waals surface area (Å²) in [4.78, 5) is 14.0. The van der Waals surface area contributed by atoms with Crippen molar-refractivity contribution < 1.29 is 27.8 Å². The SMILES string of the molecule is Cc1ccc(N2CCC3(CCN(CC4CCOC4)CC3)CC2)nn1.O=C(O)C(F)(F)F. The third kappa shape index (κ3) is 6.77. The van der Waals surface area contributed by atoms with Crippen molar-refractivity contribution in [3.05, 3.63) is 17.8 Å². The lowest BCUT2D eigenvalue weighted by molar-refractivity contribution is -0.192. The maximum Gasteiger partial charge on any atom is 0.490 e. The highest BCUT2D eigenvalue weighted by Crippen LogP contribution is 2.42. The van der Waals surface area contributed by atoms with Crippen LogP contribution in [0.5, 0.6) is 0 Å². The Kier molecular flexibility index (Phi) is 7.74. The Balaban J connectivity index is 0.000000339. The van der Waals surface area contributed by atoms with Crippen LogP contribution in [0, 0.1) is 18.3 Å². The highest BCUT2D eigenvalue weighted by atomic mass is 19.4. The molecule has 3 fully saturated rings. The molecule has 0 amide bonds. The minimum atomic E-state index is -5.08. The van der Waals surface area contributed by atoms with Gasteiger partial charge in [0.15, 0.2) is 5.82 Å². The van der Waals surface area contributed by atoms with Gasteiger partial charge < -0.3 is 19.6 Å². The second kappa shape index (κ2) is 10.1.